The van der Waals surface area contributed by atoms with Gasteiger partial charge in [-0.15, -0.1) is 0 Å². The van der Waals surface area contributed by atoms with Gasteiger partial charge in [-0.25, -0.2) is 0 Å². The van der Waals surface area contributed by atoms with Gasteiger partial charge < -0.3 is 15.3 Å². The number of hydrogen-bond acceptors (Lipinski definition) is 3. The summed E-state index contributed by atoms with van der Waals surface area (Å²) in [6.07, 6.45) is 2.21. The van der Waals surface area contributed by atoms with Gasteiger partial charge in [0.15, 0.2) is 0 Å². The second kappa shape index (κ2) is 6.14. The van der Waals surface area contributed by atoms with Gasteiger partial charge >= 0.3 is 0 Å². The maximum Gasteiger partial charge on any atom is 0.236 e. The lowest BCUT2D eigenvalue weighted by atomic mass is 10.0. The Morgan fingerprint density at radius 1 is 1.14 bits per heavy atom. The summed E-state index contributed by atoms with van der Waals surface area (Å²) in [5.41, 5.74) is 0.849. The highest BCUT2D eigenvalue weighted by molar-refractivity contribution is 5.87. The third-order valence-electron chi connectivity index (χ3n) is 4.05. The average Bonchev–Trinajstić information content (AvgIpc) is 3.04. The van der Waals surface area contributed by atoms with Crippen LogP contribution in [0.4, 0.5) is 0 Å². The zero-order valence-corrected chi connectivity index (χ0v) is 12.0. The Labute approximate surface area is 124 Å². The molecule has 0 bridgehead atoms. The maximum absolute atomic E-state index is 12.0. The summed E-state index contributed by atoms with van der Waals surface area (Å²) >= 11 is 0. The van der Waals surface area contributed by atoms with E-state index in [1.54, 1.807) is 6.07 Å². The molecular weight excluding hydrogens is 264 g/mol. The fraction of sp³-hybridized carbons (Fsp3) is 0.353. The summed E-state index contributed by atoms with van der Waals surface area (Å²) in [4.78, 5) is 13.9. The van der Waals surface area contributed by atoms with E-state index in [2.05, 4.69) is 5.32 Å². The second-order valence-corrected chi connectivity index (χ2v) is 5.48. The predicted octanol–water partition coefficient (Wildman–Crippen LogP) is 2.26. The molecule has 0 spiro atoms. The zero-order valence-electron chi connectivity index (χ0n) is 12.0. The van der Waals surface area contributed by atoms with Gasteiger partial charge in [-0.2, -0.15) is 0 Å². The highest BCUT2D eigenvalue weighted by Crippen LogP contribution is 2.26. The van der Waals surface area contributed by atoms with E-state index in [9.17, 15) is 9.90 Å². The van der Waals surface area contributed by atoms with Crippen molar-refractivity contribution in [1.82, 2.24) is 10.2 Å². The molecule has 0 atom stereocenters. The van der Waals surface area contributed by atoms with Gasteiger partial charge in [0.1, 0.15) is 5.75 Å². The Hall–Kier alpha value is -2.07. The minimum absolute atomic E-state index is 0.146. The molecule has 3 rings (SSSR count). The highest BCUT2D eigenvalue weighted by Gasteiger charge is 2.17. The quantitative estimate of drug-likeness (QED) is 0.905. The standard InChI is InChI=1S/C17H20N2O2/c20-16-8-7-13-5-1-2-6-14(13)15(16)11-18-12-17(21)19-9-3-4-10-19/h1-2,5-8,18,20H,3-4,9-12H2. The molecule has 1 aliphatic heterocycles. The SMILES string of the molecule is O=C(CNCc1c(O)ccc2ccccc12)N1CCCC1. The van der Waals surface area contributed by atoms with Gasteiger partial charge in [0.2, 0.25) is 5.91 Å². The monoisotopic (exact) mass is 284 g/mol. The van der Waals surface area contributed by atoms with Crippen LogP contribution in [0, 0.1) is 0 Å². The van der Waals surface area contributed by atoms with Gasteiger partial charge in [-0.3, -0.25) is 4.79 Å². The largest absolute Gasteiger partial charge is 0.508 e. The third kappa shape index (κ3) is 3.00. The number of benzene rings is 2. The number of hydrogen-bond donors (Lipinski definition) is 2. The Balaban J connectivity index is 1.67. The number of nitrogens with zero attached hydrogens (tertiary/aromatic N) is 1. The van der Waals surface area contributed by atoms with E-state index >= 15 is 0 Å². The molecular formula is C17H20N2O2. The Morgan fingerprint density at radius 3 is 2.71 bits per heavy atom. The number of carbonyl (C=O) groups is 1. The lowest BCUT2D eigenvalue weighted by Gasteiger charge is -2.16. The lowest BCUT2D eigenvalue weighted by Crippen LogP contribution is -2.36. The van der Waals surface area contributed by atoms with Crippen molar-refractivity contribution >= 4 is 16.7 Å². The molecule has 4 nitrogen and oxygen atoms in total. The van der Waals surface area contributed by atoms with E-state index in [-0.39, 0.29) is 11.7 Å². The van der Waals surface area contributed by atoms with Crippen LogP contribution in [-0.2, 0) is 11.3 Å². The third-order valence-corrected chi connectivity index (χ3v) is 4.05. The molecule has 0 radical (unpaired) electrons. The normalized spacial score (nSPS) is 14.8. The summed E-state index contributed by atoms with van der Waals surface area (Å²) in [5, 5.41) is 15.3. The average molecular weight is 284 g/mol. The predicted molar refractivity (Wildman–Crippen MR) is 83.1 cm³/mol. The van der Waals surface area contributed by atoms with Gasteiger partial charge in [0.05, 0.1) is 6.54 Å². The van der Waals surface area contributed by atoms with Crippen LogP contribution in [-0.4, -0.2) is 35.5 Å². The van der Waals surface area contributed by atoms with Crippen molar-refractivity contribution in [2.45, 2.75) is 19.4 Å². The van der Waals surface area contributed by atoms with Crippen LogP contribution in [0.25, 0.3) is 10.8 Å². The van der Waals surface area contributed by atoms with E-state index in [0.29, 0.717) is 13.1 Å². The number of amides is 1. The van der Waals surface area contributed by atoms with Gasteiger partial charge in [0.25, 0.3) is 0 Å². The summed E-state index contributed by atoms with van der Waals surface area (Å²) in [7, 11) is 0. The van der Waals surface area contributed by atoms with Crippen LogP contribution in [0.1, 0.15) is 18.4 Å². The van der Waals surface area contributed by atoms with Crippen molar-refractivity contribution in [3.63, 3.8) is 0 Å². The first-order valence-electron chi connectivity index (χ1n) is 7.44. The summed E-state index contributed by atoms with van der Waals surface area (Å²) in [6, 6.07) is 11.6. The molecule has 1 fully saturated rings. The van der Waals surface area contributed by atoms with Crippen LogP contribution in [0.3, 0.4) is 0 Å². The molecule has 4 heteroatoms. The van der Waals surface area contributed by atoms with Gasteiger partial charge in [-0.1, -0.05) is 30.3 Å². The summed E-state index contributed by atoms with van der Waals surface area (Å²) in [5.74, 6) is 0.419. The van der Waals surface area contributed by atoms with Crippen LogP contribution < -0.4 is 5.32 Å². The number of nitrogens with one attached hydrogen (secondary N) is 1. The molecule has 1 heterocycles. The van der Waals surface area contributed by atoms with Crippen LogP contribution in [0.5, 0.6) is 5.75 Å². The second-order valence-electron chi connectivity index (χ2n) is 5.48. The van der Waals surface area contributed by atoms with Gasteiger partial charge in [0, 0.05) is 25.2 Å². The van der Waals surface area contributed by atoms with E-state index in [1.165, 1.54) is 0 Å². The Kier molecular flexibility index (Phi) is 4.06. The number of phenols is 1. The molecule has 110 valence electrons. The lowest BCUT2D eigenvalue weighted by molar-refractivity contribution is -0.129. The van der Waals surface area contributed by atoms with Crippen molar-refractivity contribution in [3.05, 3.63) is 42.0 Å². The Morgan fingerprint density at radius 2 is 1.90 bits per heavy atom. The number of fused-ring (bicyclic) bond motifs is 1. The molecule has 1 saturated heterocycles. The molecule has 0 aliphatic carbocycles. The van der Waals surface area contributed by atoms with Crippen molar-refractivity contribution in [1.29, 1.82) is 0 Å². The molecule has 1 amide bonds. The van der Waals surface area contributed by atoms with Crippen LogP contribution >= 0.6 is 0 Å². The number of likely N-dealkylation sites (tertiary alicyclic amines) is 1. The minimum Gasteiger partial charge on any atom is -0.508 e. The minimum atomic E-state index is 0.146. The highest BCUT2D eigenvalue weighted by atomic mass is 16.3. The Bertz CT molecular complexity index is 648. The molecule has 0 unspecified atom stereocenters. The fourth-order valence-corrected chi connectivity index (χ4v) is 2.88. The first-order valence-corrected chi connectivity index (χ1v) is 7.44. The topological polar surface area (TPSA) is 52.6 Å². The van der Waals surface area contributed by atoms with Crippen molar-refractivity contribution in [3.8, 4) is 5.75 Å². The molecule has 0 saturated carbocycles. The van der Waals surface area contributed by atoms with E-state index in [1.807, 2.05) is 35.2 Å². The molecule has 21 heavy (non-hydrogen) atoms. The van der Waals surface area contributed by atoms with Crippen molar-refractivity contribution in [2.24, 2.45) is 0 Å². The molecule has 0 aromatic heterocycles. The first-order chi connectivity index (χ1) is 10.3. The fourth-order valence-electron chi connectivity index (χ4n) is 2.88. The number of aromatic hydroxyl groups is 1. The first kappa shape index (κ1) is 13.9. The van der Waals surface area contributed by atoms with E-state index in [4.69, 9.17) is 0 Å². The maximum atomic E-state index is 12.0. The van der Waals surface area contributed by atoms with Gasteiger partial charge in [-0.05, 0) is 29.7 Å². The summed E-state index contributed by atoms with van der Waals surface area (Å²) in [6.45, 7) is 2.56. The smallest absolute Gasteiger partial charge is 0.236 e. The van der Waals surface area contributed by atoms with Crippen molar-refractivity contribution < 1.29 is 9.90 Å². The molecule has 2 aromatic carbocycles. The molecule has 2 N–H and O–H groups in total. The van der Waals surface area contributed by atoms with E-state index < -0.39 is 0 Å². The van der Waals surface area contributed by atoms with Crippen LogP contribution in [0.15, 0.2) is 36.4 Å². The molecule has 1 aliphatic rings. The number of carbonyl (C=O) groups excluding carboxylic acids is 1. The number of rotatable bonds is 4. The summed E-state index contributed by atoms with van der Waals surface area (Å²) < 4.78 is 0. The van der Waals surface area contributed by atoms with E-state index in [0.717, 1.165) is 42.3 Å². The zero-order chi connectivity index (χ0) is 14.7. The van der Waals surface area contributed by atoms with Crippen LogP contribution in [0.2, 0.25) is 0 Å². The molecule has 2 aromatic rings. The number of phenolic OH excluding ortho intramolecular Hbond substituents is 1. The van der Waals surface area contributed by atoms with Crippen molar-refractivity contribution in [2.75, 3.05) is 19.6 Å².